The van der Waals surface area contributed by atoms with Crippen molar-refractivity contribution in [3.63, 3.8) is 0 Å². The van der Waals surface area contributed by atoms with E-state index in [9.17, 15) is 4.79 Å². The average molecular weight is 163 g/mol. The van der Waals surface area contributed by atoms with Gasteiger partial charge in [-0.1, -0.05) is 5.16 Å². The first-order valence-electron chi connectivity index (χ1n) is 3.35. The van der Waals surface area contributed by atoms with E-state index in [1.165, 1.54) is 12.1 Å². The number of carbonyl (C=O) groups is 1. The van der Waals surface area contributed by atoms with E-state index in [0.717, 1.165) is 0 Å². The van der Waals surface area contributed by atoms with Gasteiger partial charge in [-0.2, -0.15) is 0 Å². The smallest absolute Gasteiger partial charge is 0.207 e. The maximum atomic E-state index is 10.4. The number of nitrogens with zero attached hydrogens (tertiary/aromatic N) is 1. The molecule has 0 radical (unpaired) electrons. The lowest BCUT2D eigenvalue weighted by molar-refractivity contribution is 0.109. The Morgan fingerprint density at radius 3 is 3.08 bits per heavy atom. The van der Waals surface area contributed by atoms with Gasteiger partial charge in [0, 0.05) is 0 Å². The third kappa shape index (κ3) is 0.852. The zero-order chi connectivity index (χ0) is 8.55. The zero-order valence-electron chi connectivity index (χ0n) is 6.02. The van der Waals surface area contributed by atoms with E-state index in [1.54, 1.807) is 6.07 Å². The van der Waals surface area contributed by atoms with Crippen LogP contribution in [-0.4, -0.2) is 16.5 Å². The normalized spacial score (nSPS) is 10.3. The van der Waals surface area contributed by atoms with Crippen LogP contribution in [-0.2, 0) is 0 Å². The number of phenols is 1. The first-order valence-corrected chi connectivity index (χ1v) is 3.35. The van der Waals surface area contributed by atoms with E-state index in [-0.39, 0.29) is 11.5 Å². The van der Waals surface area contributed by atoms with E-state index in [1.807, 2.05) is 0 Å². The van der Waals surface area contributed by atoms with Crippen LogP contribution in [0.15, 0.2) is 22.7 Å². The molecular formula is C8H5NO3. The van der Waals surface area contributed by atoms with E-state index in [2.05, 4.69) is 5.16 Å². The fraction of sp³-hybridized carbons (Fsp3) is 0. The largest absolute Gasteiger partial charge is 0.508 e. The van der Waals surface area contributed by atoms with Gasteiger partial charge in [0.05, 0.1) is 5.39 Å². The molecule has 60 valence electrons. The first-order chi connectivity index (χ1) is 5.81. The highest BCUT2D eigenvalue weighted by Crippen LogP contribution is 2.21. The SMILES string of the molecule is O=Cc1onc2ccc(O)cc12. The van der Waals surface area contributed by atoms with Crippen molar-refractivity contribution in [2.75, 3.05) is 0 Å². The molecule has 0 amide bonds. The van der Waals surface area contributed by atoms with Crippen LogP contribution in [0.2, 0.25) is 0 Å². The minimum Gasteiger partial charge on any atom is -0.508 e. The highest BCUT2D eigenvalue weighted by molar-refractivity contribution is 5.94. The van der Waals surface area contributed by atoms with E-state index in [0.29, 0.717) is 17.2 Å². The molecular weight excluding hydrogens is 158 g/mol. The number of phenolic OH excluding ortho intramolecular Hbond substituents is 1. The summed E-state index contributed by atoms with van der Waals surface area (Å²) in [5, 5.41) is 13.2. The van der Waals surface area contributed by atoms with E-state index in [4.69, 9.17) is 9.63 Å². The van der Waals surface area contributed by atoms with Crippen LogP contribution in [0, 0.1) is 0 Å². The van der Waals surface area contributed by atoms with Crippen LogP contribution in [0.3, 0.4) is 0 Å². The highest BCUT2D eigenvalue weighted by Gasteiger charge is 2.06. The van der Waals surface area contributed by atoms with Gasteiger partial charge >= 0.3 is 0 Å². The second-order valence-corrected chi connectivity index (χ2v) is 2.37. The standard InChI is InChI=1S/C8H5NO3/c10-4-8-6-3-5(11)1-2-7(6)9-12-8/h1-4,11H. The molecule has 4 heteroatoms. The lowest BCUT2D eigenvalue weighted by Crippen LogP contribution is -1.73. The number of aromatic nitrogens is 1. The topological polar surface area (TPSA) is 63.3 Å². The monoisotopic (exact) mass is 163 g/mol. The molecule has 0 aliphatic heterocycles. The Labute approximate surface area is 67.4 Å². The predicted octanol–water partition coefficient (Wildman–Crippen LogP) is 1.35. The summed E-state index contributed by atoms with van der Waals surface area (Å²) < 4.78 is 4.69. The molecule has 0 unspecified atom stereocenters. The van der Waals surface area contributed by atoms with Crippen LogP contribution in [0.1, 0.15) is 10.6 Å². The third-order valence-corrected chi connectivity index (χ3v) is 1.59. The molecule has 0 spiro atoms. The molecule has 0 aliphatic carbocycles. The molecule has 0 aliphatic rings. The Balaban J connectivity index is 2.83. The first kappa shape index (κ1) is 6.84. The molecule has 0 bridgehead atoms. The molecule has 2 aromatic rings. The Morgan fingerprint density at radius 1 is 1.50 bits per heavy atom. The number of hydrogen-bond acceptors (Lipinski definition) is 4. The average Bonchev–Trinajstić information content (AvgIpc) is 2.46. The second kappa shape index (κ2) is 2.34. The summed E-state index contributed by atoms with van der Waals surface area (Å²) in [6.07, 6.45) is 0.564. The number of fused-ring (bicyclic) bond motifs is 1. The van der Waals surface area contributed by atoms with Gasteiger partial charge in [-0.05, 0) is 18.2 Å². The molecule has 0 atom stereocenters. The number of aldehydes is 1. The van der Waals surface area contributed by atoms with Crippen molar-refractivity contribution >= 4 is 17.2 Å². The molecule has 4 nitrogen and oxygen atoms in total. The number of hydrogen-bond donors (Lipinski definition) is 1. The molecule has 12 heavy (non-hydrogen) atoms. The van der Waals surface area contributed by atoms with Crippen LogP contribution >= 0.6 is 0 Å². The number of aromatic hydroxyl groups is 1. The third-order valence-electron chi connectivity index (χ3n) is 1.59. The summed E-state index contributed by atoms with van der Waals surface area (Å²) in [6, 6.07) is 4.51. The fourth-order valence-electron chi connectivity index (χ4n) is 1.03. The van der Waals surface area contributed by atoms with Crippen LogP contribution in [0.5, 0.6) is 5.75 Å². The van der Waals surface area contributed by atoms with Crippen LogP contribution in [0.4, 0.5) is 0 Å². The number of benzene rings is 1. The second-order valence-electron chi connectivity index (χ2n) is 2.37. The van der Waals surface area contributed by atoms with Gasteiger partial charge in [0.2, 0.25) is 5.76 Å². The minimum atomic E-state index is 0.0915. The summed E-state index contributed by atoms with van der Waals surface area (Å²) in [4.78, 5) is 10.4. The summed E-state index contributed by atoms with van der Waals surface area (Å²) in [5.74, 6) is 0.231. The van der Waals surface area contributed by atoms with Crippen molar-refractivity contribution in [2.45, 2.75) is 0 Å². The molecule has 1 heterocycles. The van der Waals surface area contributed by atoms with Gasteiger partial charge in [-0.25, -0.2) is 0 Å². The maximum Gasteiger partial charge on any atom is 0.207 e. The summed E-state index contributed by atoms with van der Waals surface area (Å²) in [5.41, 5.74) is 0.565. The number of rotatable bonds is 1. The Hall–Kier alpha value is -1.84. The summed E-state index contributed by atoms with van der Waals surface area (Å²) >= 11 is 0. The van der Waals surface area contributed by atoms with Gasteiger partial charge < -0.3 is 9.63 Å². The summed E-state index contributed by atoms with van der Waals surface area (Å²) in [7, 11) is 0. The maximum absolute atomic E-state index is 10.4. The zero-order valence-corrected chi connectivity index (χ0v) is 6.02. The van der Waals surface area contributed by atoms with Crippen molar-refractivity contribution in [1.82, 2.24) is 5.16 Å². The molecule has 2 rings (SSSR count). The van der Waals surface area contributed by atoms with Crippen LogP contribution in [0.25, 0.3) is 10.9 Å². The van der Waals surface area contributed by atoms with Crippen molar-refractivity contribution < 1.29 is 14.4 Å². The van der Waals surface area contributed by atoms with Crippen molar-refractivity contribution in [1.29, 1.82) is 0 Å². The highest BCUT2D eigenvalue weighted by atomic mass is 16.5. The molecule has 0 fully saturated rings. The quantitative estimate of drug-likeness (QED) is 0.644. The van der Waals surface area contributed by atoms with E-state index < -0.39 is 0 Å². The molecule has 1 aromatic carbocycles. The van der Waals surface area contributed by atoms with Crippen molar-refractivity contribution in [2.24, 2.45) is 0 Å². The van der Waals surface area contributed by atoms with Gasteiger partial charge in [-0.3, -0.25) is 4.79 Å². The molecule has 0 saturated carbocycles. The van der Waals surface area contributed by atoms with Gasteiger partial charge in [0.15, 0.2) is 6.29 Å². The Bertz CT molecular complexity index is 433. The van der Waals surface area contributed by atoms with Crippen molar-refractivity contribution in [3.8, 4) is 5.75 Å². The molecule has 1 N–H and O–H groups in total. The van der Waals surface area contributed by atoms with Crippen molar-refractivity contribution in [3.05, 3.63) is 24.0 Å². The van der Waals surface area contributed by atoms with Gasteiger partial charge in [0.25, 0.3) is 0 Å². The molecule has 0 saturated heterocycles. The predicted molar refractivity (Wildman–Crippen MR) is 41.1 cm³/mol. The lowest BCUT2D eigenvalue weighted by Gasteiger charge is -1.88. The fourth-order valence-corrected chi connectivity index (χ4v) is 1.03. The Kier molecular flexibility index (Phi) is 1.33. The molecule has 1 aromatic heterocycles. The van der Waals surface area contributed by atoms with Gasteiger partial charge in [-0.15, -0.1) is 0 Å². The lowest BCUT2D eigenvalue weighted by atomic mass is 10.2. The van der Waals surface area contributed by atoms with Crippen LogP contribution < -0.4 is 0 Å². The number of carbonyl (C=O) groups excluding carboxylic acids is 1. The Morgan fingerprint density at radius 2 is 2.33 bits per heavy atom. The summed E-state index contributed by atoms with van der Waals surface area (Å²) in [6.45, 7) is 0. The minimum absolute atomic E-state index is 0.0915. The van der Waals surface area contributed by atoms with Gasteiger partial charge in [0.1, 0.15) is 11.3 Å². The van der Waals surface area contributed by atoms with E-state index >= 15 is 0 Å².